The second kappa shape index (κ2) is 5.14. The molecule has 0 aliphatic rings. The SMILES string of the molecule is CCOC(=O)c1cccc(-c2nc(N)sc2C)n1. The lowest BCUT2D eigenvalue weighted by Gasteiger charge is -2.03. The Labute approximate surface area is 109 Å². The number of aryl methyl sites for hydroxylation is 1. The van der Waals surface area contributed by atoms with Gasteiger partial charge in [-0.25, -0.2) is 14.8 Å². The molecule has 0 aliphatic carbocycles. The van der Waals surface area contributed by atoms with Crippen molar-refractivity contribution in [2.45, 2.75) is 13.8 Å². The molecule has 0 spiro atoms. The van der Waals surface area contributed by atoms with Crippen molar-refractivity contribution in [1.29, 1.82) is 0 Å². The maximum atomic E-state index is 11.6. The van der Waals surface area contributed by atoms with Crippen LogP contribution in [-0.2, 0) is 4.74 Å². The first-order valence-corrected chi connectivity index (χ1v) is 6.31. The van der Waals surface area contributed by atoms with Gasteiger partial charge < -0.3 is 10.5 Å². The zero-order valence-electron chi connectivity index (χ0n) is 10.1. The molecule has 6 heteroatoms. The molecular formula is C12H13N3O2S. The highest BCUT2D eigenvalue weighted by Gasteiger charge is 2.13. The molecule has 0 bridgehead atoms. The van der Waals surface area contributed by atoms with E-state index < -0.39 is 5.97 Å². The van der Waals surface area contributed by atoms with E-state index >= 15 is 0 Å². The molecule has 0 amide bonds. The molecule has 0 saturated heterocycles. The number of aromatic nitrogens is 2. The lowest BCUT2D eigenvalue weighted by Crippen LogP contribution is -2.07. The maximum Gasteiger partial charge on any atom is 0.356 e. The van der Waals surface area contributed by atoms with E-state index in [0.717, 1.165) is 4.88 Å². The van der Waals surface area contributed by atoms with Gasteiger partial charge in [0.05, 0.1) is 12.3 Å². The van der Waals surface area contributed by atoms with Gasteiger partial charge in [-0.3, -0.25) is 0 Å². The summed E-state index contributed by atoms with van der Waals surface area (Å²) in [6.07, 6.45) is 0. The van der Waals surface area contributed by atoms with Crippen molar-refractivity contribution in [2.24, 2.45) is 0 Å². The fourth-order valence-electron chi connectivity index (χ4n) is 1.54. The van der Waals surface area contributed by atoms with Crippen LogP contribution in [0.25, 0.3) is 11.4 Å². The highest BCUT2D eigenvalue weighted by atomic mass is 32.1. The van der Waals surface area contributed by atoms with Gasteiger partial charge in [0.15, 0.2) is 5.13 Å². The van der Waals surface area contributed by atoms with Crippen LogP contribution in [0.15, 0.2) is 18.2 Å². The molecule has 2 heterocycles. The quantitative estimate of drug-likeness (QED) is 0.859. The van der Waals surface area contributed by atoms with Crippen LogP contribution < -0.4 is 5.73 Å². The Kier molecular flexibility index (Phi) is 3.57. The van der Waals surface area contributed by atoms with Gasteiger partial charge in [-0.15, -0.1) is 11.3 Å². The Bertz CT molecular complexity index is 580. The van der Waals surface area contributed by atoms with Crippen molar-refractivity contribution in [3.05, 3.63) is 28.8 Å². The van der Waals surface area contributed by atoms with Crippen molar-refractivity contribution in [3.8, 4) is 11.4 Å². The fourth-order valence-corrected chi connectivity index (χ4v) is 2.24. The Morgan fingerprint density at radius 3 is 2.83 bits per heavy atom. The van der Waals surface area contributed by atoms with Crippen LogP contribution in [0.1, 0.15) is 22.3 Å². The van der Waals surface area contributed by atoms with E-state index in [9.17, 15) is 4.79 Å². The number of hydrogen-bond donors (Lipinski definition) is 1. The van der Waals surface area contributed by atoms with Gasteiger partial charge in [-0.1, -0.05) is 6.07 Å². The minimum Gasteiger partial charge on any atom is -0.461 e. The number of ether oxygens (including phenoxy) is 1. The highest BCUT2D eigenvalue weighted by molar-refractivity contribution is 7.15. The molecule has 0 unspecified atom stereocenters. The average Bonchev–Trinajstić information content (AvgIpc) is 2.69. The second-order valence-electron chi connectivity index (χ2n) is 3.59. The molecular weight excluding hydrogens is 250 g/mol. The molecule has 2 rings (SSSR count). The predicted octanol–water partition coefficient (Wildman–Crippen LogP) is 2.27. The van der Waals surface area contributed by atoms with Gasteiger partial charge in [0, 0.05) is 4.88 Å². The van der Waals surface area contributed by atoms with Gasteiger partial charge in [-0.2, -0.15) is 0 Å². The Morgan fingerprint density at radius 1 is 1.44 bits per heavy atom. The van der Waals surface area contributed by atoms with Gasteiger partial charge in [-0.05, 0) is 26.0 Å². The number of nitrogen functional groups attached to an aromatic ring is 1. The second-order valence-corrected chi connectivity index (χ2v) is 4.82. The zero-order chi connectivity index (χ0) is 13.1. The number of hydrogen-bond acceptors (Lipinski definition) is 6. The van der Waals surface area contributed by atoms with E-state index in [1.165, 1.54) is 11.3 Å². The van der Waals surface area contributed by atoms with Crippen molar-refractivity contribution >= 4 is 22.4 Å². The minimum atomic E-state index is -0.430. The van der Waals surface area contributed by atoms with Gasteiger partial charge in [0.25, 0.3) is 0 Å². The molecule has 0 atom stereocenters. The van der Waals surface area contributed by atoms with Crippen molar-refractivity contribution in [3.63, 3.8) is 0 Å². The number of carbonyl (C=O) groups excluding carboxylic acids is 1. The number of nitrogens with zero attached hydrogens (tertiary/aromatic N) is 2. The maximum absolute atomic E-state index is 11.6. The van der Waals surface area contributed by atoms with E-state index in [1.807, 2.05) is 6.92 Å². The number of anilines is 1. The normalized spacial score (nSPS) is 10.3. The van der Waals surface area contributed by atoms with Crippen molar-refractivity contribution in [2.75, 3.05) is 12.3 Å². The smallest absolute Gasteiger partial charge is 0.356 e. The van der Waals surface area contributed by atoms with E-state index in [2.05, 4.69) is 9.97 Å². The molecule has 0 saturated carbocycles. The van der Waals surface area contributed by atoms with Crippen LogP contribution in [0.2, 0.25) is 0 Å². The third-order valence-corrected chi connectivity index (χ3v) is 3.09. The third kappa shape index (κ3) is 2.48. The first-order valence-electron chi connectivity index (χ1n) is 5.49. The number of esters is 1. The van der Waals surface area contributed by atoms with Crippen LogP contribution in [0.3, 0.4) is 0 Å². The molecule has 0 aliphatic heterocycles. The molecule has 2 aromatic heterocycles. The third-order valence-electron chi connectivity index (χ3n) is 2.29. The Morgan fingerprint density at radius 2 is 2.22 bits per heavy atom. The van der Waals surface area contributed by atoms with Gasteiger partial charge in [0.2, 0.25) is 0 Å². The summed E-state index contributed by atoms with van der Waals surface area (Å²) in [5, 5.41) is 0.492. The monoisotopic (exact) mass is 263 g/mol. The van der Waals surface area contributed by atoms with Crippen LogP contribution in [0.5, 0.6) is 0 Å². The first kappa shape index (κ1) is 12.5. The summed E-state index contributed by atoms with van der Waals surface area (Å²) < 4.78 is 4.91. The summed E-state index contributed by atoms with van der Waals surface area (Å²) in [7, 11) is 0. The minimum absolute atomic E-state index is 0.278. The number of carbonyl (C=O) groups is 1. The topological polar surface area (TPSA) is 78.1 Å². The Balaban J connectivity index is 2.38. The largest absolute Gasteiger partial charge is 0.461 e. The molecule has 2 N–H and O–H groups in total. The van der Waals surface area contributed by atoms with Crippen LogP contribution >= 0.6 is 11.3 Å². The average molecular weight is 263 g/mol. The first-order chi connectivity index (χ1) is 8.61. The number of rotatable bonds is 3. The van der Waals surface area contributed by atoms with Crippen LogP contribution in [0.4, 0.5) is 5.13 Å². The summed E-state index contributed by atoms with van der Waals surface area (Å²) in [6.45, 7) is 4.00. The summed E-state index contributed by atoms with van der Waals surface area (Å²) in [6, 6.07) is 5.17. The molecule has 0 radical (unpaired) electrons. The highest BCUT2D eigenvalue weighted by Crippen LogP contribution is 2.27. The van der Waals surface area contributed by atoms with Gasteiger partial charge in [0.1, 0.15) is 11.4 Å². The summed E-state index contributed by atoms with van der Waals surface area (Å²) in [5.74, 6) is -0.430. The number of nitrogens with two attached hydrogens (primary N) is 1. The van der Waals surface area contributed by atoms with Crippen molar-refractivity contribution < 1.29 is 9.53 Å². The lowest BCUT2D eigenvalue weighted by atomic mass is 10.2. The standard InChI is InChI=1S/C12H13N3O2S/c1-3-17-11(16)9-6-4-5-8(14-9)10-7(2)18-12(13)15-10/h4-6H,3H2,1-2H3,(H2,13,15). The van der Waals surface area contributed by atoms with Crippen LogP contribution in [-0.4, -0.2) is 22.5 Å². The summed E-state index contributed by atoms with van der Waals surface area (Å²) in [5.41, 5.74) is 7.27. The fraction of sp³-hybridized carbons (Fsp3) is 0.250. The van der Waals surface area contributed by atoms with E-state index in [0.29, 0.717) is 23.1 Å². The molecule has 18 heavy (non-hydrogen) atoms. The number of thiazole rings is 1. The molecule has 0 fully saturated rings. The molecule has 0 aromatic carbocycles. The lowest BCUT2D eigenvalue weighted by molar-refractivity contribution is 0.0519. The predicted molar refractivity (Wildman–Crippen MR) is 70.5 cm³/mol. The Hall–Kier alpha value is -1.95. The van der Waals surface area contributed by atoms with Crippen molar-refractivity contribution in [1.82, 2.24) is 9.97 Å². The summed E-state index contributed by atoms with van der Waals surface area (Å²) >= 11 is 1.40. The van der Waals surface area contributed by atoms with E-state index in [4.69, 9.17) is 10.5 Å². The number of pyridine rings is 1. The van der Waals surface area contributed by atoms with E-state index in [-0.39, 0.29) is 5.69 Å². The molecule has 94 valence electrons. The van der Waals surface area contributed by atoms with E-state index in [1.54, 1.807) is 25.1 Å². The molecule has 5 nitrogen and oxygen atoms in total. The summed E-state index contributed by atoms with van der Waals surface area (Å²) in [4.78, 5) is 21.0. The van der Waals surface area contributed by atoms with Gasteiger partial charge >= 0.3 is 5.97 Å². The zero-order valence-corrected chi connectivity index (χ0v) is 11.0. The molecule has 2 aromatic rings. The van der Waals surface area contributed by atoms with Crippen LogP contribution in [0, 0.1) is 6.92 Å².